The number of benzene rings is 2. The first-order valence-electron chi connectivity index (χ1n) is 9.31. The topological polar surface area (TPSA) is 56.9 Å². The molecule has 1 saturated heterocycles. The Morgan fingerprint density at radius 2 is 1.81 bits per heavy atom. The van der Waals surface area contributed by atoms with Gasteiger partial charge >= 0.3 is 0 Å². The first-order chi connectivity index (χ1) is 13.0. The third kappa shape index (κ3) is 3.25. The quantitative estimate of drug-likeness (QED) is 0.771. The number of aryl methyl sites for hydroxylation is 2. The van der Waals surface area contributed by atoms with Crippen molar-refractivity contribution < 1.29 is 14.3 Å². The van der Waals surface area contributed by atoms with E-state index in [4.69, 9.17) is 4.42 Å². The van der Waals surface area contributed by atoms with Gasteiger partial charge in [0.25, 0.3) is 0 Å². The van der Waals surface area contributed by atoms with Crippen molar-refractivity contribution in [3.8, 4) is 5.75 Å². The molecule has 1 amide bonds. The number of nitrogens with zero attached hydrogens (tertiary/aromatic N) is 2. The number of hydrogen-bond donors (Lipinski definition) is 1. The second kappa shape index (κ2) is 6.99. The number of para-hydroxylation sites is 2. The van der Waals surface area contributed by atoms with Crippen LogP contribution in [0.4, 0.5) is 5.69 Å². The second-order valence-corrected chi connectivity index (χ2v) is 7.18. The summed E-state index contributed by atoms with van der Waals surface area (Å²) in [5.74, 6) is 0.403. The normalized spacial score (nSPS) is 14.7. The van der Waals surface area contributed by atoms with Gasteiger partial charge in [-0.1, -0.05) is 24.3 Å². The standard InChI is InChI=1S/C22H24N2O3/c1-15-7-8-18-17(14-27-22(18)16(15)2)13-21(26)24-11-9-23(10-12-24)19-5-3-4-6-20(19)25/h3-8,14,25H,9-13H2,1-2H3. The summed E-state index contributed by atoms with van der Waals surface area (Å²) in [6, 6.07) is 11.5. The Bertz CT molecular complexity index is 984. The maximum absolute atomic E-state index is 12.8. The average Bonchev–Trinajstić information content (AvgIpc) is 3.08. The zero-order chi connectivity index (χ0) is 19.0. The van der Waals surface area contributed by atoms with E-state index in [1.165, 1.54) is 5.56 Å². The number of aromatic hydroxyl groups is 1. The molecular formula is C22H24N2O3. The number of anilines is 1. The number of phenols is 1. The highest BCUT2D eigenvalue weighted by molar-refractivity contribution is 5.89. The highest BCUT2D eigenvalue weighted by Crippen LogP contribution is 2.29. The summed E-state index contributed by atoms with van der Waals surface area (Å²) in [5, 5.41) is 11.0. The van der Waals surface area contributed by atoms with Gasteiger partial charge in [-0.05, 0) is 37.1 Å². The number of piperazine rings is 1. The number of amides is 1. The van der Waals surface area contributed by atoms with E-state index < -0.39 is 0 Å². The van der Waals surface area contributed by atoms with E-state index in [9.17, 15) is 9.90 Å². The molecule has 3 aromatic rings. The summed E-state index contributed by atoms with van der Waals surface area (Å²) in [6.07, 6.45) is 2.07. The van der Waals surface area contributed by atoms with Crippen LogP contribution in [0.2, 0.25) is 0 Å². The zero-order valence-corrected chi connectivity index (χ0v) is 15.7. The van der Waals surface area contributed by atoms with Gasteiger partial charge in [0.15, 0.2) is 0 Å². The molecular weight excluding hydrogens is 340 g/mol. The van der Waals surface area contributed by atoms with Crippen LogP contribution in [-0.2, 0) is 11.2 Å². The molecule has 4 rings (SSSR count). The summed E-state index contributed by atoms with van der Waals surface area (Å²) in [5.41, 5.74) is 4.97. The molecule has 2 aromatic carbocycles. The van der Waals surface area contributed by atoms with Crippen molar-refractivity contribution >= 4 is 22.6 Å². The van der Waals surface area contributed by atoms with E-state index in [1.807, 2.05) is 36.1 Å². The highest BCUT2D eigenvalue weighted by Gasteiger charge is 2.23. The first kappa shape index (κ1) is 17.5. The Morgan fingerprint density at radius 3 is 2.56 bits per heavy atom. The van der Waals surface area contributed by atoms with Crippen molar-refractivity contribution in [3.05, 3.63) is 59.4 Å². The van der Waals surface area contributed by atoms with Gasteiger partial charge in [-0.15, -0.1) is 0 Å². The predicted octanol–water partition coefficient (Wildman–Crippen LogP) is 3.65. The molecule has 0 saturated carbocycles. The molecule has 1 aromatic heterocycles. The molecule has 140 valence electrons. The Kier molecular flexibility index (Phi) is 4.52. The van der Waals surface area contributed by atoms with Crippen molar-refractivity contribution in [3.63, 3.8) is 0 Å². The van der Waals surface area contributed by atoms with Crippen LogP contribution < -0.4 is 4.90 Å². The van der Waals surface area contributed by atoms with E-state index in [0.29, 0.717) is 32.6 Å². The van der Waals surface area contributed by atoms with Gasteiger partial charge in [0.2, 0.25) is 5.91 Å². The summed E-state index contributed by atoms with van der Waals surface area (Å²) < 4.78 is 5.73. The maximum Gasteiger partial charge on any atom is 0.227 e. The largest absolute Gasteiger partial charge is 0.506 e. The van der Waals surface area contributed by atoms with E-state index in [1.54, 1.807) is 12.3 Å². The van der Waals surface area contributed by atoms with E-state index in [0.717, 1.165) is 27.8 Å². The number of hydrogen-bond acceptors (Lipinski definition) is 4. The molecule has 1 aliphatic rings. The number of carbonyl (C=O) groups excluding carboxylic acids is 1. The summed E-state index contributed by atoms with van der Waals surface area (Å²) >= 11 is 0. The predicted molar refractivity (Wildman–Crippen MR) is 106 cm³/mol. The Balaban J connectivity index is 1.43. The van der Waals surface area contributed by atoms with E-state index in [2.05, 4.69) is 17.9 Å². The molecule has 0 spiro atoms. The van der Waals surface area contributed by atoms with Crippen molar-refractivity contribution in [2.45, 2.75) is 20.3 Å². The third-order valence-electron chi connectivity index (χ3n) is 5.54. The number of fused-ring (bicyclic) bond motifs is 1. The van der Waals surface area contributed by atoms with Crippen molar-refractivity contribution in [2.75, 3.05) is 31.1 Å². The molecule has 27 heavy (non-hydrogen) atoms. The third-order valence-corrected chi connectivity index (χ3v) is 5.54. The van der Waals surface area contributed by atoms with E-state index in [-0.39, 0.29) is 11.7 Å². The zero-order valence-electron chi connectivity index (χ0n) is 15.7. The van der Waals surface area contributed by atoms with Crippen molar-refractivity contribution in [2.24, 2.45) is 0 Å². The average molecular weight is 364 g/mol. The number of phenolic OH excluding ortho intramolecular Hbond substituents is 1. The molecule has 5 nitrogen and oxygen atoms in total. The number of rotatable bonds is 3. The van der Waals surface area contributed by atoms with Gasteiger partial charge in [0, 0.05) is 37.1 Å². The van der Waals surface area contributed by atoms with Crippen LogP contribution in [0.25, 0.3) is 11.0 Å². The van der Waals surface area contributed by atoms with E-state index >= 15 is 0 Å². The molecule has 5 heteroatoms. The second-order valence-electron chi connectivity index (χ2n) is 7.18. The SMILES string of the molecule is Cc1ccc2c(CC(=O)N3CCN(c4ccccc4O)CC3)coc2c1C. The van der Waals surface area contributed by atoms with Crippen LogP contribution in [0, 0.1) is 13.8 Å². The Hall–Kier alpha value is -2.95. The molecule has 0 aliphatic carbocycles. The van der Waals surface area contributed by atoms with Gasteiger partial charge in [-0.25, -0.2) is 0 Å². The lowest BCUT2D eigenvalue weighted by molar-refractivity contribution is -0.130. The van der Waals surface area contributed by atoms with Crippen LogP contribution in [0.1, 0.15) is 16.7 Å². The number of carbonyl (C=O) groups is 1. The lowest BCUT2D eigenvalue weighted by atomic mass is 10.0. The molecule has 0 radical (unpaired) electrons. The fourth-order valence-electron chi connectivity index (χ4n) is 3.73. The Morgan fingerprint density at radius 1 is 1.07 bits per heavy atom. The van der Waals surface area contributed by atoms with Gasteiger partial charge in [0.1, 0.15) is 11.3 Å². The van der Waals surface area contributed by atoms with Crippen molar-refractivity contribution in [1.82, 2.24) is 4.90 Å². The van der Waals surface area contributed by atoms with Gasteiger partial charge in [-0.2, -0.15) is 0 Å². The maximum atomic E-state index is 12.8. The summed E-state index contributed by atoms with van der Waals surface area (Å²) in [4.78, 5) is 16.8. The molecule has 1 fully saturated rings. The molecule has 1 N–H and O–H groups in total. The lowest BCUT2D eigenvalue weighted by Gasteiger charge is -2.36. The monoisotopic (exact) mass is 364 g/mol. The Labute approximate surface area is 158 Å². The van der Waals surface area contributed by atoms with Crippen LogP contribution in [-0.4, -0.2) is 42.1 Å². The highest BCUT2D eigenvalue weighted by atomic mass is 16.3. The minimum Gasteiger partial charge on any atom is -0.506 e. The summed E-state index contributed by atoms with van der Waals surface area (Å²) in [6.45, 7) is 6.85. The smallest absolute Gasteiger partial charge is 0.227 e. The minimum absolute atomic E-state index is 0.118. The number of furan rings is 1. The van der Waals surface area contributed by atoms with Crippen LogP contribution >= 0.6 is 0 Å². The van der Waals surface area contributed by atoms with Crippen LogP contribution in [0.15, 0.2) is 47.1 Å². The van der Waals surface area contributed by atoms with Crippen LogP contribution in [0.5, 0.6) is 5.75 Å². The molecule has 1 aliphatic heterocycles. The first-order valence-corrected chi connectivity index (χ1v) is 9.31. The molecule has 2 heterocycles. The van der Waals surface area contributed by atoms with Gasteiger partial charge in [-0.3, -0.25) is 4.79 Å². The minimum atomic E-state index is 0.118. The van der Waals surface area contributed by atoms with Gasteiger partial charge < -0.3 is 19.3 Å². The lowest BCUT2D eigenvalue weighted by Crippen LogP contribution is -2.49. The van der Waals surface area contributed by atoms with Gasteiger partial charge in [0.05, 0.1) is 18.4 Å². The molecule has 0 atom stereocenters. The molecule has 0 bridgehead atoms. The molecule has 0 unspecified atom stereocenters. The summed E-state index contributed by atoms with van der Waals surface area (Å²) in [7, 11) is 0. The van der Waals surface area contributed by atoms with Crippen molar-refractivity contribution in [1.29, 1.82) is 0 Å². The fraction of sp³-hybridized carbons (Fsp3) is 0.318. The van der Waals surface area contributed by atoms with Crippen LogP contribution in [0.3, 0.4) is 0 Å². The fourth-order valence-corrected chi connectivity index (χ4v) is 3.73.